The molecule has 3 rings (SSSR count). The second-order valence-corrected chi connectivity index (χ2v) is 7.11. The number of likely N-dealkylation sites (tertiary alicyclic amines) is 1. The van der Waals surface area contributed by atoms with Gasteiger partial charge in [-0.05, 0) is 34.1 Å². The summed E-state index contributed by atoms with van der Waals surface area (Å²) in [5, 5.41) is 17.4. The fraction of sp³-hybridized carbons (Fsp3) is 0.611. The van der Waals surface area contributed by atoms with Crippen molar-refractivity contribution in [1.82, 2.24) is 24.9 Å². The molecule has 2 aromatic rings. The first-order valence-electron chi connectivity index (χ1n) is 8.95. The highest BCUT2D eigenvalue weighted by Crippen LogP contribution is 2.19. The number of aromatic nitrogens is 3. The number of hydrogen-bond acceptors (Lipinski definition) is 6. The van der Waals surface area contributed by atoms with Crippen LogP contribution in [0.2, 0.25) is 0 Å². The molecule has 8 nitrogen and oxygen atoms in total. The van der Waals surface area contributed by atoms with Crippen molar-refractivity contribution in [3.63, 3.8) is 0 Å². The highest BCUT2D eigenvalue weighted by molar-refractivity contribution is 5.76. The van der Waals surface area contributed by atoms with Crippen molar-refractivity contribution >= 4 is 5.91 Å². The summed E-state index contributed by atoms with van der Waals surface area (Å²) in [6.07, 6.45) is 1.78. The van der Waals surface area contributed by atoms with E-state index in [0.29, 0.717) is 19.5 Å². The lowest BCUT2D eigenvalue weighted by Gasteiger charge is -2.36. The van der Waals surface area contributed by atoms with Crippen LogP contribution in [0.25, 0.3) is 0 Å². The third-order valence-corrected chi connectivity index (χ3v) is 5.23. The molecule has 1 aliphatic rings. The summed E-state index contributed by atoms with van der Waals surface area (Å²) in [4.78, 5) is 18.7. The summed E-state index contributed by atoms with van der Waals surface area (Å²) >= 11 is 0. The maximum atomic E-state index is 12.3. The van der Waals surface area contributed by atoms with Gasteiger partial charge in [0.2, 0.25) is 5.91 Å². The van der Waals surface area contributed by atoms with Gasteiger partial charge in [-0.3, -0.25) is 9.69 Å². The lowest BCUT2D eigenvalue weighted by Crippen LogP contribution is -2.54. The number of piperidine rings is 1. The largest absolute Gasteiger partial charge is 0.390 e. The lowest BCUT2D eigenvalue weighted by molar-refractivity contribution is -0.124. The number of β-amino-alcohol motifs (C(OH)–C–C–N with tert-alkyl or cyclic N) is 1. The Morgan fingerprint density at radius 2 is 2.12 bits per heavy atom. The van der Waals surface area contributed by atoms with Crippen molar-refractivity contribution in [2.75, 3.05) is 13.1 Å². The zero-order chi connectivity index (χ0) is 18.8. The molecule has 8 heteroatoms. The smallest absolute Gasteiger partial charge is 0.240 e. The minimum absolute atomic E-state index is 0.103. The van der Waals surface area contributed by atoms with Gasteiger partial charge >= 0.3 is 0 Å². The molecule has 0 bridgehead atoms. The van der Waals surface area contributed by atoms with Crippen molar-refractivity contribution in [3.05, 3.63) is 34.7 Å². The quantitative estimate of drug-likeness (QED) is 0.820. The molecule has 0 aliphatic carbocycles. The maximum absolute atomic E-state index is 12.3. The Labute approximate surface area is 153 Å². The molecular weight excluding hydrogens is 334 g/mol. The summed E-state index contributed by atoms with van der Waals surface area (Å²) in [5.41, 5.74) is 3.87. The Morgan fingerprint density at radius 3 is 2.69 bits per heavy atom. The summed E-state index contributed by atoms with van der Waals surface area (Å²) in [6, 6.07) is -0.228. The van der Waals surface area contributed by atoms with Gasteiger partial charge in [-0.15, -0.1) is 0 Å². The molecular formula is C18H27N5O3. The molecule has 0 aromatic carbocycles. The van der Waals surface area contributed by atoms with E-state index in [0.717, 1.165) is 35.0 Å². The number of imidazole rings is 1. The van der Waals surface area contributed by atoms with Crippen LogP contribution in [0.4, 0.5) is 0 Å². The van der Waals surface area contributed by atoms with E-state index in [1.54, 1.807) is 6.33 Å². The van der Waals surface area contributed by atoms with Gasteiger partial charge < -0.3 is 19.5 Å². The first-order valence-corrected chi connectivity index (χ1v) is 8.95. The van der Waals surface area contributed by atoms with Gasteiger partial charge in [-0.2, -0.15) is 0 Å². The molecule has 0 saturated carbocycles. The van der Waals surface area contributed by atoms with E-state index in [1.807, 2.05) is 32.3 Å². The number of rotatable bonds is 5. The molecule has 142 valence electrons. The average molecular weight is 361 g/mol. The van der Waals surface area contributed by atoms with Gasteiger partial charge in [-0.1, -0.05) is 5.16 Å². The predicted molar refractivity (Wildman–Crippen MR) is 95.5 cm³/mol. The zero-order valence-corrected chi connectivity index (χ0v) is 15.8. The number of aliphatic hydroxyl groups is 1. The molecule has 1 amide bonds. The number of hydrogen-bond donors (Lipinski definition) is 2. The van der Waals surface area contributed by atoms with Crippen LogP contribution in [0.15, 0.2) is 10.9 Å². The van der Waals surface area contributed by atoms with Crippen molar-refractivity contribution in [3.8, 4) is 0 Å². The minimum atomic E-state index is -0.598. The van der Waals surface area contributed by atoms with E-state index in [1.165, 1.54) is 0 Å². The molecule has 2 N–H and O–H groups in total. The van der Waals surface area contributed by atoms with Gasteiger partial charge in [-0.25, -0.2) is 4.98 Å². The fourth-order valence-electron chi connectivity index (χ4n) is 3.37. The molecule has 3 heterocycles. The molecule has 1 fully saturated rings. The average Bonchev–Trinajstić information content (AvgIpc) is 3.07. The van der Waals surface area contributed by atoms with Crippen LogP contribution in [0.5, 0.6) is 0 Å². The van der Waals surface area contributed by atoms with E-state index in [9.17, 15) is 9.90 Å². The number of nitrogens with one attached hydrogen (secondary N) is 1. The Hall–Kier alpha value is -2.19. The third kappa shape index (κ3) is 3.96. The summed E-state index contributed by atoms with van der Waals surface area (Å²) in [7, 11) is 0. The van der Waals surface area contributed by atoms with Crippen molar-refractivity contribution in [2.24, 2.45) is 0 Å². The van der Waals surface area contributed by atoms with Gasteiger partial charge in [0.05, 0.1) is 29.9 Å². The van der Waals surface area contributed by atoms with Gasteiger partial charge in [0.15, 0.2) is 0 Å². The number of aliphatic hydroxyl groups excluding tert-OH is 1. The van der Waals surface area contributed by atoms with Crippen molar-refractivity contribution < 1.29 is 14.4 Å². The molecule has 0 unspecified atom stereocenters. The van der Waals surface area contributed by atoms with E-state index in [2.05, 4.69) is 20.4 Å². The van der Waals surface area contributed by atoms with Crippen LogP contribution < -0.4 is 5.32 Å². The molecule has 1 aliphatic heterocycles. The first kappa shape index (κ1) is 18.6. The Bertz CT molecular complexity index is 762. The Balaban J connectivity index is 1.52. The van der Waals surface area contributed by atoms with Crippen LogP contribution in [0.3, 0.4) is 0 Å². The molecule has 1 saturated heterocycles. The summed E-state index contributed by atoms with van der Waals surface area (Å²) in [5.74, 6) is 0.715. The predicted octanol–water partition coefficient (Wildman–Crippen LogP) is 0.856. The van der Waals surface area contributed by atoms with Gasteiger partial charge in [0.1, 0.15) is 12.3 Å². The van der Waals surface area contributed by atoms with Crippen molar-refractivity contribution in [2.45, 2.75) is 59.4 Å². The number of carbonyl (C=O) groups excluding carboxylic acids is 1. The monoisotopic (exact) mass is 361 g/mol. The summed E-state index contributed by atoms with van der Waals surface area (Å²) in [6.45, 7) is 9.92. The SMILES string of the molecule is Cc1noc(C)c1CN1CC[C@@H](NC(=O)Cn2cnc(C)c2C)[C@H](O)C1. The van der Waals surface area contributed by atoms with Crippen LogP contribution >= 0.6 is 0 Å². The van der Waals surface area contributed by atoms with Crippen LogP contribution in [-0.2, 0) is 17.9 Å². The Kier molecular flexibility index (Phi) is 5.43. The Morgan fingerprint density at radius 1 is 1.35 bits per heavy atom. The van der Waals surface area contributed by atoms with Crippen molar-refractivity contribution in [1.29, 1.82) is 0 Å². The highest BCUT2D eigenvalue weighted by Gasteiger charge is 2.29. The lowest BCUT2D eigenvalue weighted by atomic mass is 10.0. The number of amides is 1. The topological polar surface area (TPSA) is 96.4 Å². The number of nitrogens with zero attached hydrogens (tertiary/aromatic N) is 4. The molecule has 26 heavy (non-hydrogen) atoms. The number of aryl methyl sites for hydroxylation is 3. The van der Waals surface area contributed by atoms with Crippen LogP contribution in [-0.4, -0.2) is 55.9 Å². The molecule has 0 radical (unpaired) electrons. The van der Waals surface area contributed by atoms with E-state index in [4.69, 9.17) is 4.52 Å². The zero-order valence-electron chi connectivity index (χ0n) is 15.8. The fourth-order valence-corrected chi connectivity index (χ4v) is 3.37. The second-order valence-electron chi connectivity index (χ2n) is 7.11. The van der Waals surface area contributed by atoms with E-state index >= 15 is 0 Å². The first-order chi connectivity index (χ1) is 12.3. The molecule has 2 atom stereocenters. The summed E-state index contributed by atoms with van der Waals surface area (Å²) < 4.78 is 7.02. The normalized spacial score (nSPS) is 21.1. The van der Waals surface area contributed by atoms with Crippen LogP contribution in [0.1, 0.15) is 34.8 Å². The van der Waals surface area contributed by atoms with E-state index in [-0.39, 0.29) is 18.5 Å². The standard InChI is InChI=1S/C18H27N5O3/c1-11-13(3)23(10-19-11)9-18(25)20-16-5-6-22(8-17(16)24)7-15-12(2)21-26-14(15)4/h10,16-17,24H,5-9H2,1-4H3,(H,20,25)/t16-,17-/m1/s1. The van der Waals surface area contributed by atoms with E-state index < -0.39 is 6.10 Å². The van der Waals surface area contributed by atoms with Crippen LogP contribution in [0, 0.1) is 27.7 Å². The number of carbonyl (C=O) groups is 1. The molecule has 2 aromatic heterocycles. The third-order valence-electron chi connectivity index (χ3n) is 5.23. The minimum Gasteiger partial charge on any atom is -0.390 e. The van der Waals surface area contributed by atoms with Gasteiger partial charge in [0.25, 0.3) is 0 Å². The highest BCUT2D eigenvalue weighted by atomic mass is 16.5. The maximum Gasteiger partial charge on any atom is 0.240 e. The van der Waals surface area contributed by atoms with Gasteiger partial charge in [0, 0.05) is 30.9 Å². The molecule has 0 spiro atoms. The second kappa shape index (κ2) is 7.59.